The third-order valence-corrected chi connectivity index (χ3v) is 3.13. The maximum absolute atomic E-state index is 8.98. The lowest BCUT2D eigenvalue weighted by atomic mass is 10.1. The van der Waals surface area contributed by atoms with Gasteiger partial charge >= 0.3 is 0 Å². The van der Waals surface area contributed by atoms with Crippen molar-refractivity contribution < 1.29 is 4.74 Å². The lowest BCUT2D eigenvalue weighted by Gasteiger charge is -2.09. The van der Waals surface area contributed by atoms with E-state index in [1.54, 1.807) is 13.2 Å². The minimum atomic E-state index is 0.599. The van der Waals surface area contributed by atoms with Crippen molar-refractivity contribution in [3.63, 3.8) is 0 Å². The minimum absolute atomic E-state index is 0.599. The Morgan fingerprint density at radius 1 is 1.15 bits per heavy atom. The summed E-state index contributed by atoms with van der Waals surface area (Å²) in [5, 5.41) is 12.3. The van der Waals surface area contributed by atoms with E-state index in [2.05, 4.69) is 42.6 Å². The average molecular weight is 266 g/mol. The maximum Gasteiger partial charge on any atom is 0.122 e. The van der Waals surface area contributed by atoms with Gasteiger partial charge in [-0.3, -0.25) is 0 Å². The number of nitrogens with zero attached hydrogens (tertiary/aromatic N) is 1. The molecule has 0 amide bonds. The number of nitriles is 1. The van der Waals surface area contributed by atoms with Crippen LogP contribution in [0.25, 0.3) is 0 Å². The van der Waals surface area contributed by atoms with E-state index < -0.39 is 0 Å². The SMILES string of the molecule is COc1cc(C#N)cc(NCCc2ccc(C)cc2)c1. The molecule has 0 radical (unpaired) electrons. The Bertz CT molecular complexity index is 612. The van der Waals surface area contributed by atoms with Crippen LogP contribution >= 0.6 is 0 Å². The van der Waals surface area contributed by atoms with Gasteiger partial charge in [0.1, 0.15) is 5.75 Å². The van der Waals surface area contributed by atoms with Gasteiger partial charge in [-0.15, -0.1) is 0 Å². The molecule has 0 unspecified atom stereocenters. The molecule has 3 nitrogen and oxygen atoms in total. The average Bonchev–Trinajstić information content (AvgIpc) is 2.49. The minimum Gasteiger partial charge on any atom is -0.497 e. The van der Waals surface area contributed by atoms with E-state index >= 15 is 0 Å². The molecule has 0 fully saturated rings. The van der Waals surface area contributed by atoms with Crippen molar-refractivity contribution in [1.82, 2.24) is 0 Å². The van der Waals surface area contributed by atoms with Crippen molar-refractivity contribution in [3.05, 3.63) is 59.2 Å². The van der Waals surface area contributed by atoms with Crippen LogP contribution in [-0.2, 0) is 6.42 Å². The van der Waals surface area contributed by atoms with Crippen molar-refractivity contribution >= 4 is 5.69 Å². The number of benzene rings is 2. The second kappa shape index (κ2) is 6.63. The van der Waals surface area contributed by atoms with Gasteiger partial charge in [0.25, 0.3) is 0 Å². The van der Waals surface area contributed by atoms with Crippen LogP contribution in [0.1, 0.15) is 16.7 Å². The molecule has 0 aliphatic carbocycles. The van der Waals surface area contributed by atoms with Gasteiger partial charge in [0.15, 0.2) is 0 Å². The molecule has 0 bridgehead atoms. The lowest BCUT2D eigenvalue weighted by molar-refractivity contribution is 0.415. The molecule has 20 heavy (non-hydrogen) atoms. The van der Waals surface area contributed by atoms with E-state index in [-0.39, 0.29) is 0 Å². The van der Waals surface area contributed by atoms with Crippen LogP contribution in [0.15, 0.2) is 42.5 Å². The highest BCUT2D eigenvalue weighted by atomic mass is 16.5. The third-order valence-electron chi connectivity index (χ3n) is 3.13. The van der Waals surface area contributed by atoms with E-state index in [1.807, 2.05) is 12.1 Å². The number of ether oxygens (including phenoxy) is 1. The standard InChI is InChI=1S/C17H18N2O/c1-13-3-5-14(6-4-13)7-8-19-16-9-15(12-18)10-17(11-16)20-2/h3-6,9-11,19H,7-8H2,1-2H3. The van der Waals surface area contributed by atoms with Crippen molar-refractivity contribution in [2.75, 3.05) is 19.0 Å². The molecular weight excluding hydrogens is 248 g/mol. The molecule has 0 saturated heterocycles. The Kier molecular flexibility index (Phi) is 4.62. The zero-order valence-corrected chi connectivity index (χ0v) is 11.8. The quantitative estimate of drug-likeness (QED) is 0.900. The fraction of sp³-hybridized carbons (Fsp3) is 0.235. The van der Waals surface area contributed by atoms with Gasteiger partial charge in [-0.1, -0.05) is 29.8 Å². The predicted molar refractivity (Wildman–Crippen MR) is 81.1 cm³/mol. The van der Waals surface area contributed by atoms with E-state index in [9.17, 15) is 0 Å². The van der Waals surface area contributed by atoms with Crippen LogP contribution in [0, 0.1) is 18.3 Å². The van der Waals surface area contributed by atoms with E-state index in [4.69, 9.17) is 10.00 Å². The van der Waals surface area contributed by atoms with Gasteiger partial charge in [-0.05, 0) is 31.0 Å². The summed E-state index contributed by atoms with van der Waals surface area (Å²) in [6, 6.07) is 16.1. The van der Waals surface area contributed by atoms with Gasteiger partial charge in [-0.2, -0.15) is 5.26 Å². The molecule has 0 spiro atoms. The Labute approximate surface area is 119 Å². The topological polar surface area (TPSA) is 45.0 Å². The first-order valence-electron chi connectivity index (χ1n) is 6.60. The molecule has 3 heteroatoms. The van der Waals surface area contributed by atoms with Gasteiger partial charge in [0.05, 0.1) is 18.7 Å². The summed E-state index contributed by atoms with van der Waals surface area (Å²) in [5.74, 6) is 0.696. The molecule has 2 rings (SSSR count). The monoisotopic (exact) mass is 266 g/mol. The molecule has 0 aliphatic rings. The first-order valence-corrected chi connectivity index (χ1v) is 6.60. The maximum atomic E-state index is 8.98. The molecule has 0 aliphatic heterocycles. The van der Waals surface area contributed by atoms with Gasteiger partial charge in [-0.25, -0.2) is 0 Å². The zero-order chi connectivity index (χ0) is 14.4. The first-order chi connectivity index (χ1) is 9.71. The van der Waals surface area contributed by atoms with Crippen LogP contribution in [-0.4, -0.2) is 13.7 Å². The van der Waals surface area contributed by atoms with Crippen molar-refractivity contribution in [1.29, 1.82) is 5.26 Å². The molecule has 0 aromatic heterocycles. The van der Waals surface area contributed by atoms with E-state index in [0.29, 0.717) is 11.3 Å². The Morgan fingerprint density at radius 2 is 1.90 bits per heavy atom. The highest BCUT2D eigenvalue weighted by molar-refractivity contribution is 5.54. The molecule has 1 N–H and O–H groups in total. The molecule has 2 aromatic carbocycles. The smallest absolute Gasteiger partial charge is 0.122 e. The summed E-state index contributed by atoms with van der Waals surface area (Å²) >= 11 is 0. The van der Waals surface area contributed by atoms with Gasteiger partial charge in [0.2, 0.25) is 0 Å². The summed E-state index contributed by atoms with van der Waals surface area (Å²) in [6.45, 7) is 2.91. The molecule has 2 aromatic rings. The Balaban J connectivity index is 1.97. The zero-order valence-electron chi connectivity index (χ0n) is 11.8. The van der Waals surface area contributed by atoms with Crippen LogP contribution in [0.5, 0.6) is 5.75 Å². The number of methoxy groups -OCH3 is 1. The van der Waals surface area contributed by atoms with Gasteiger partial charge < -0.3 is 10.1 Å². The van der Waals surface area contributed by atoms with Crippen molar-refractivity contribution in [2.24, 2.45) is 0 Å². The first kappa shape index (κ1) is 14.0. The fourth-order valence-corrected chi connectivity index (χ4v) is 1.99. The van der Waals surface area contributed by atoms with Crippen molar-refractivity contribution in [2.45, 2.75) is 13.3 Å². The lowest BCUT2D eigenvalue weighted by Crippen LogP contribution is -2.05. The molecule has 0 heterocycles. The Morgan fingerprint density at radius 3 is 2.55 bits per heavy atom. The number of rotatable bonds is 5. The highest BCUT2D eigenvalue weighted by Gasteiger charge is 2.01. The third kappa shape index (κ3) is 3.76. The number of nitrogens with one attached hydrogen (secondary N) is 1. The highest BCUT2D eigenvalue weighted by Crippen LogP contribution is 2.20. The molecular formula is C17H18N2O. The van der Waals surface area contributed by atoms with Crippen LogP contribution < -0.4 is 10.1 Å². The molecule has 0 saturated carbocycles. The van der Waals surface area contributed by atoms with Crippen LogP contribution in [0.4, 0.5) is 5.69 Å². The summed E-state index contributed by atoms with van der Waals surface area (Å²) in [5.41, 5.74) is 4.08. The largest absolute Gasteiger partial charge is 0.497 e. The number of aryl methyl sites for hydroxylation is 1. The fourth-order valence-electron chi connectivity index (χ4n) is 1.99. The number of hydrogen-bond donors (Lipinski definition) is 1. The number of anilines is 1. The van der Waals surface area contributed by atoms with Crippen molar-refractivity contribution in [3.8, 4) is 11.8 Å². The van der Waals surface area contributed by atoms with E-state index in [1.165, 1.54) is 11.1 Å². The molecule has 102 valence electrons. The Hall–Kier alpha value is -2.47. The number of hydrogen-bond acceptors (Lipinski definition) is 3. The summed E-state index contributed by atoms with van der Waals surface area (Å²) in [7, 11) is 1.60. The summed E-state index contributed by atoms with van der Waals surface area (Å²) < 4.78 is 5.18. The summed E-state index contributed by atoms with van der Waals surface area (Å²) in [4.78, 5) is 0. The van der Waals surface area contributed by atoms with Crippen LogP contribution in [0.2, 0.25) is 0 Å². The van der Waals surface area contributed by atoms with Crippen LogP contribution in [0.3, 0.4) is 0 Å². The second-order valence-electron chi connectivity index (χ2n) is 4.72. The van der Waals surface area contributed by atoms with E-state index in [0.717, 1.165) is 18.7 Å². The predicted octanol–water partition coefficient (Wildman–Crippen LogP) is 3.53. The second-order valence-corrected chi connectivity index (χ2v) is 4.72. The normalized spacial score (nSPS) is 9.85. The molecule has 0 atom stereocenters. The van der Waals surface area contributed by atoms with Gasteiger partial charge in [0, 0.05) is 18.3 Å². The summed E-state index contributed by atoms with van der Waals surface area (Å²) in [6.07, 6.45) is 0.944.